The molecule has 2 fully saturated rings. The molecule has 110 valence electrons. The summed E-state index contributed by atoms with van der Waals surface area (Å²) >= 11 is 7.68. The summed E-state index contributed by atoms with van der Waals surface area (Å²) in [6, 6.07) is 2.04. The molecule has 2 aromatic rings. The fourth-order valence-electron chi connectivity index (χ4n) is 3.45. The van der Waals surface area contributed by atoms with Gasteiger partial charge in [-0.15, -0.1) is 11.3 Å². The number of carbonyl (C=O) groups is 1. The molecule has 4 rings (SSSR count). The van der Waals surface area contributed by atoms with Crippen molar-refractivity contribution in [2.24, 2.45) is 5.92 Å². The van der Waals surface area contributed by atoms with Gasteiger partial charge in [0.1, 0.15) is 5.69 Å². The van der Waals surface area contributed by atoms with E-state index in [1.165, 1.54) is 19.5 Å². The maximum Gasteiger partial charge on any atom is 0.270 e. The van der Waals surface area contributed by atoms with Gasteiger partial charge in [-0.3, -0.25) is 4.79 Å². The molecule has 1 N–H and O–H groups in total. The number of carbonyl (C=O) groups excluding carboxylic acids is 1. The lowest BCUT2D eigenvalue weighted by Gasteiger charge is -2.30. The van der Waals surface area contributed by atoms with Gasteiger partial charge in [-0.05, 0) is 31.4 Å². The molecule has 1 amide bonds. The molecule has 0 spiro atoms. The Labute approximate surface area is 132 Å². The first-order valence-electron chi connectivity index (χ1n) is 7.25. The van der Waals surface area contributed by atoms with E-state index in [1.54, 1.807) is 23.6 Å². The number of nitrogens with one attached hydrogen (secondary N) is 1. The second kappa shape index (κ2) is 5.23. The minimum absolute atomic E-state index is 0.0910. The molecule has 2 saturated heterocycles. The summed E-state index contributed by atoms with van der Waals surface area (Å²) in [5.74, 6) is 0.650. The highest BCUT2D eigenvalue weighted by Crippen LogP contribution is 2.30. The number of piperidine rings is 1. The fraction of sp³-hybridized carbons (Fsp3) is 0.467. The Morgan fingerprint density at radius 3 is 3.24 bits per heavy atom. The van der Waals surface area contributed by atoms with Crippen LogP contribution < -0.4 is 5.32 Å². The van der Waals surface area contributed by atoms with Gasteiger partial charge in [0.2, 0.25) is 0 Å². The average molecular weight is 322 g/mol. The van der Waals surface area contributed by atoms with Crippen LogP contribution in [-0.2, 0) is 0 Å². The van der Waals surface area contributed by atoms with E-state index in [9.17, 15) is 4.79 Å². The van der Waals surface area contributed by atoms with E-state index in [0.717, 1.165) is 29.0 Å². The number of thiophene rings is 1. The standard InChI is InChI=1S/C15H16ClN3OS/c16-12-8-21-14-5-17-13(4-11(12)14)15(20)18-10-3-9-1-2-19(6-9)7-10/h4-5,8-10H,1-3,6-7H2,(H,18,20)/t9-,10-/m1/s1. The van der Waals surface area contributed by atoms with Crippen molar-refractivity contribution >= 4 is 38.9 Å². The van der Waals surface area contributed by atoms with Crippen LogP contribution in [-0.4, -0.2) is 41.5 Å². The monoisotopic (exact) mass is 321 g/mol. The number of amides is 1. The minimum Gasteiger partial charge on any atom is -0.347 e. The number of fused-ring (bicyclic) bond motifs is 3. The van der Waals surface area contributed by atoms with E-state index in [0.29, 0.717) is 10.7 Å². The number of hydrogen-bond donors (Lipinski definition) is 1. The van der Waals surface area contributed by atoms with Gasteiger partial charge in [0.15, 0.2) is 0 Å². The predicted octanol–water partition coefficient (Wildman–Crippen LogP) is 2.77. The number of rotatable bonds is 2. The normalized spacial score (nSPS) is 28.0. The summed E-state index contributed by atoms with van der Waals surface area (Å²) in [4.78, 5) is 19.1. The van der Waals surface area contributed by atoms with Gasteiger partial charge in [-0.25, -0.2) is 4.98 Å². The highest BCUT2D eigenvalue weighted by Gasteiger charge is 2.33. The Bertz CT molecular complexity index is 689. The molecule has 2 bridgehead atoms. The second-order valence-electron chi connectivity index (χ2n) is 5.97. The van der Waals surface area contributed by atoms with Crippen LogP contribution in [0.4, 0.5) is 0 Å². The van der Waals surface area contributed by atoms with Crippen LogP contribution in [0.3, 0.4) is 0 Å². The van der Waals surface area contributed by atoms with Gasteiger partial charge in [-0.2, -0.15) is 0 Å². The van der Waals surface area contributed by atoms with Crippen LogP contribution >= 0.6 is 22.9 Å². The summed E-state index contributed by atoms with van der Waals surface area (Å²) < 4.78 is 1.01. The molecule has 1 unspecified atom stereocenters. The molecule has 4 nitrogen and oxygen atoms in total. The van der Waals surface area contributed by atoms with Crippen LogP contribution in [0.15, 0.2) is 17.6 Å². The summed E-state index contributed by atoms with van der Waals surface area (Å²) in [6.45, 7) is 3.33. The third kappa shape index (κ3) is 2.54. The Morgan fingerprint density at radius 1 is 1.48 bits per heavy atom. The summed E-state index contributed by atoms with van der Waals surface area (Å²) in [5.41, 5.74) is 0.454. The maximum absolute atomic E-state index is 12.4. The molecule has 3 atom stereocenters. The highest BCUT2D eigenvalue weighted by molar-refractivity contribution is 7.17. The lowest BCUT2D eigenvalue weighted by molar-refractivity contribution is 0.0904. The summed E-state index contributed by atoms with van der Waals surface area (Å²) in [7, 11) is 0. The van der Waals surface area contributed by atoms with Gasteiger partial charge in [0, 0.05) is 36.1 Å². The molecule has 0 aromatic carbocycles. The van der Waals surface area contributed by atoms with Crippen molar-refractivity contribution < 1.29 is 4.79 Å². The largest absolute Gasteiger partial charge is 0.347 e. The quantitative estimate of drug-likeness (QED) is 0.925. The van der Waals surface area contributed by atoms with E-state index in [2.05, 4.69) is 15.2 Å². The summed E-state index contributed by atoms with van der Waals surface area (Å²) in [6.07, 6.45) is 4.08. The number of nitrogens with zero attached hydrogens (tertiary/aromatic N) is 2. The average Bonchev–Trinajstić information content (AvgIpc) is 3.02. The lowest BCUT2D eigenvalue weighted by atomic mass is 9.97. The first kappa shape index (κ1) is 13.5. The molecule has 2 aliphatic rings. The van der Waals surface area contributed by atoms with Gasteiger partial charge >= 0.3 is 0 Å². The Kier molecular flexibility index (Phi) is 3.36. The van der Waals surface area contributed by atoms with E-state index >= 15 is 0 Å². The number of hydrogen-bond acceptors (Lipinski definition) is 4. The number of aromatic nitrogens is 1. The zero-order chi connectivity index (χ0) is 14.4. The lowest BCUT2D eigenvalue weighted by Crippen LogP contribution is -2.47. The van der Waals surface area contributed by atoms with E-state index in [1.807, 2.05) is 5.38 Å². The van der Waals surface area contributed by atoms with Crippen LogP contribution in [0.25, 0.3) is 10.1 Å². The Morgan fingerprint density at radius 2 is 2.38 bits per heavy atom. The molecule has 0 aliphatic carbocycles. The predicted molar refractivity (Wildman–Crippen MR) is 85.0 cm³/mol. The maximum atomic E-state index is 12.4. The topological polar surface area (TPSA) is 45.2 Å². The van der Waals surface area contributed by atoms with E-state index in [-0.39, 0.29) is 11.9 Å². The van der Waals surface area contributed by atoms with Crippen molar-refractivity contribution in [3.05, 3.63) is 28.4 Å². The molecule has 6 heteroatoms. The molecular formula is C15H16ClN3OS. The van der Waals surface area contributed by atoms with Crippen LogP contribution in [0, 0.1) is 5.92 Å². The smallest absolute Gasteiger partial charge is 0.270 e. The Balaban J connectivity index is 1.52. The molecular weight excluding hydrogens is 306 g/mol. The first-order valence-corrected chi connectivity index (χ1v) is 8.51. The van der Waals surface area contributed by atoms with Crippen molar-refractivity contribution in [3.63, 3.8) is 0 Å². The van der Waals surface area contributed by atoms with Gasteiger partial charge in [0.25, 0.3) is 5.91 Å². The van der Waals surface area contributed by atoms with Crippen molar-refractivity contribution in [3.8, 4) is 0 Å². The molecule has 4 heterocycles. The minimum atomic E-state index is -0.0910. The van der Waals surface area contributed by atoms with E-state index < -0.39 is 0 Å². The SMILES string of the molecule is O=C(N[C@@H]1C[C@H]2CCN(C2)C1)c1cc2c(Cl)csc2cn1. The van der Waals surface area contributed by atoms with Gasteiger partial charge in [0.05, 0.1) is 9.72 Å². The van der Waals surface area contributed by atoms with Crippen molar-refractivity contribution in [1.29, 1.82) is 0 Å². The van der Waals surface area contributed by atoms with Crippen molar-refractivity contribution in [2.75, 3.05) is 19.6 Å². The van der Waals surface area contributed by atoms with Crippen molar-refractivity contribution in [2.45, 2.75) is 18.9 Å². The number of halogens is 1. The van der Waals surface area contributed by atoms with Crippen LogP contribution in [0.1, 0.15) is 23.3 Å². The fourth-order valence-corrected chi connectivity index (χ4v) is 4.56. The highest BCUT2D eigenvalue weighted by atomic mass is 35.5. The molecule has 2 aromatic heterocycles. The first-order chi connectivity index (χ1) is 10.2. The van der Waals surface area contributed by atoms with Crippen molar-refractivity contribution in [1.82, 2.24) is 15.2 Å². The molecule has 2 aliphatic heterocycles. The zero-order valence-corrected chi connectivity index (χ0v) is 13.1. The van der Waals surface area contributed by atoms with Crippen LogP contribution in [0.2, 0.25) is 5.02 Å². The second-order valence-corrected chi connectivity index (χ2v) is 7.29. The molecule has 0 radical (unpaired) electrons. The summed E-state index contributed by atoms with van der Waals surface area (Å²) in [5, 5.41) is 6.61. The third-order valence-electron chi connectivity index (χ3n) is 4.45. The van der Waals surface area contributed by atoms with Gasteiger partial charge in [-0.1, -0.05) is 11.6 Å². The van der Waals surface area contributed by atoms with Crippen LogP contribution in [0.5, 0.6) is 0 Å². The van der Waals surface area contributed by atoms with Gasteiger partial charge < -0.3 is 10.2 Å². The third-order valence-corrected chi connectivity index (χ3v) is 5.82. The number of pyridine rings is 1. The molecule has 21 heavy (non-hydrogen) atoms. The molecule has 0 saturated carbocycles. The zero-order valence-electron chi connectivity index (χ0n) is 11.5. The Hall–Kier alpha value is -1.17. The van der Waals surface area contributed by atoms with E-state index in [4.69, 9.17) is 11.6 Å².